The summed E-state index contributed by atoms with van der Waals surface area (Å²) in [6.45, 7) is 0.357. The Morgan fingerprint density at radius 3 is 2.41 bits per heavy atom. The van der Waals surface area contributed by atoms with E-state index in [2.05, 4.69) is 0 Å². The molecule has 2 nitrogen and oxygen atoms in total. The van der Waals surface area contributed by atoms with Crippen molar-refractivity contribution in [2.75, 3.05) is 6.54 Å². The summed E-state index contributed by atoms with van der Waals surface area (Å²) < 4.78 is 50.8. The summed E-state index contributed by atoms with van der Waals surface area (Å²) in [5, 5.41) is 0. The second kappa shape index (κ2) is 5.46. The number of benzene rings is 1. The van der Waals surface area contributed by atoms with Gasteiger partial charge in [-0.3, -0.25) is 0 Å². The van der Waals surface area contributed by atoms with Crippen LogP contribution in [0.25, 0.3) is 0 Å². The predicted molar refractivity (Wildman–Crippen MR) is 56.6 cm³/mol. The maximum absolute atomic E-state index is 12.8. The van der Waals surface area contributed by atoms with Crippen molar-refractivity contribution >= 4 is 0 Å². The van der Waals surface area contributed by atoms with Crippen LogP contribution in [-0.2, 0) is 6.18 Å². The molecule has 0 aliphatic rings. The fraction of sp³-hybridized carbons (Fsp3) is 0.455. The van der Waals surface area contributed by atoms with Crippen molar-refractivity contribution in [2.24, 2.45) is 11.5 Å². The van der Waals surface area contributed by atoms with Gasteiger partial charge in [-0.05, 0) is 37.1 Å². The Morgan fingerprint density at radius 1 is 1.24 bits per heavy atom. The normalized spacial score (nSPS) is 13.8. The molecule has 0 radical (unpaired) electrons. The molecule has 0 aliphatic carbocycles. The van der Waals surface area contributed by atoms with Crippen LogP contribution in [0.1, 0.15) is 30.0 Å². The summed E-state index contributed by atoms with van der Waals surface area (Å²) in [7, 11) is 0. The zero-order valence-electron chi connectivity index (χ0n) is 9.10. The maximum atomic E-state index is 12.8. The van der Waals surface area contributed by atoms with Crippen LogP contribution in [0.5, 0.6) is 0 Å². The van der Waals surface area contributed by atoms with E-state index in [0.717, 1.165) is 12.1 Å². The highest BCUT2D eigenvalue weighted by atomic mass is 19.4. The quantitative estimate of drug-likeness (QED) is 0.807. The topological polar surface area (TPSA) is 52.0 Å². The zero-order chi connectivity index (χ0) is 13.1. The Hall–Kier alpha value is -1.14. The highest BCUT2D eigenvalue weighted by molar-refractivity contribution is 5.32. The van der Waals surface area contributed by atoms with Gasteiger partial charge in [0, 0.05) is 6.04 Å². The molecule has 0 aromatic heterocycles. The first kappa shape index (κ1) is 13.9. The molecule has 96 valence electrons. The second-order valence-electron chi connectivity index (χ2n) is 3.77. The molecule has 0 unspecified atom stereocenters. The highest BCUT2D eigenvalue weighted by Gasteiger charge is 2.34. The average molecular weight is 250 g/mol. The lowest BCUT2D eigenvalue weighted by Crippen LogP contribution is -2.18. The van der Waals surface area contributed by atoms with Gasteiger partial charge in [-0.25, -0.2) is 4.39 Å². The monoisotopic (exact) mass is 250 g/mol. The van der Waals surface area contributed by atoms with Gasteiger partial charge in [0.05, 0.1) is 5.56 Å². The third kappa shape index (κ3) is 3.67. The lowest BCUT2D eigenvalue weighted by atomic mass is 9.97. The van der Waals surface area contributed by atoms with Crippen LogP contribution in [0, 0.1) is 5.82 Å². The SMILES string of the molecule is NCCC[C@@H](N)c1ccc(F)cc1C(F)(F)F. The lowest BCUT2D eigenvalue weighted by Gasteiger charge is -2.18. The summed E-state index contributed by atoms with van der Waals surface area (Å²) in [5.41, 5.74) is 9.81. The van der Waals surface area contributed by atoms with Gasteiger partial charge in [-0.1, -0.05) is 6.07 Å². The van der Waals surface area contributed by atoms with Crippen LogP contribution < -0.4 is 11.5 Å². The highest BCUT2D eigenvalue weighted by Crippen LogP contribution is 2.35. The molecule has 0 aliphatic heterocycles. The second-order valence-corrected chi connectivity index (χ2v) is 3.77. The molecular formula is C11H14F4N2. The molecule has 0 fully saturated rings. The minimum Gasteiger partial charge on any atom is -0.330 e. The summed E-state index contributed by atoms with van der Waals surface area (Å²) in [4.78, 5) is 0. The number of nitrogens with two attached hydrogens (primary N) is 2. The Balaban J connectivity index is 3.06. The summed E-state index contributed by atoms with van der Waals surface area (Å²) in [6, 6.07) is 1.75. The summed E-state index contributed by atoms with van der Waals surface area (Å²) >= 11 is 0. The number of hydrogen-bond donors (Lipinski definition) is 2. The summed E-state index contributed by atoms with van der Waals surface area (Å²) in [5.74, 6) is -0.924. The van der Waals surface area contributed by atoms with E-state index in [1.54, 1.807) is 0 Å². The van der Waals surface area contributed by atoms with Gasteiger partial charge in [-0.15, -0.1) is 0 Å². The molecule has 1 aromatic rings. The molecular weight excluding hydrogens is 236 g/mol. The van der Waals surface area contributed by atoms with Crippen LogP contribution in [0.2, 0.25) is 0 Å². The third-order valence-corrected chi connectivity index (χ3v) is 2.44. The predicted octanol–water partition coefficient (Wildman–Crippen LogP) is 2.58. The first-order valence-electron chi connectivity index (χ1n) is 5.18. The van der Waals surface area contributed by atoms with Crippen LogP contribution in [0.3, 0.4) is 0 Å². The van der Waals surface area contributed by atoms with E-state index in [4.69, 9.17) is 11.5 Å². The van der Waals surface area contributed by atoms with Crippen LogP contribution >= 0.6 is 0 Å². The Kier molecular flexibility index (Phi) is 4.47. The van der Waals surface area contributed by atoms with Crippen LogP contribution in [-0.4, -0.2) is 6.54 Å². The fourth-order valence-electron chi connectivity index (χ4n) is 1.59. The largest absolute Gasteiger partial charge is 0.416 e. The minimum atomic E-state index is -4.60. The van der Waals surface area contributed by atoms with E-state index in [1.165, 1.54) is 0 Å². The van der Waals surface area contributed by atoms with Crippen molar-refractivity contribution in [1.82, 2.24) is 0 Å². The van der Waals surface area contributed by atoms with E-state index in [0.29, 0.717) is 25.5 Å². The molecule has 0 spiro atoms. The summed E-state index contributed by atoms with van der Waals surface area (Å²) in [6.07, 6.45) is -3.74. The van der Waals surface area contributed by atoms with Gasteiger partial charge in [-0.2, -0.15) is 13.2 Å². The average Bonchev–Trinajstić information content (AvgIpc) is 2.24. The molecule has 17 heavy (non-hydrogen) atoms. The van der Waals surface area contributed by atoms with Crippen LogP contribution in [0.4, 0.5) is 17.6 Å². The number of alkyl halides is 3. The van der Waals surface area contributed by atoms with Crippen molar-refractivity contribution in [3.8, 4) is 0 Å². The van der Waals surface area contributed by atoms with Crippen molar-refractivity contribution < 1.29 is 17.6 Å². The van der Waals surface area contributed by atoms with E-state index in [1.807, 2.05) is 0 Å². The smallest absolute Gasteiger partial charge is 0.330 e. The molecule has 0 saturated heterocycles. The van der Waals surface area contributed by atoms with Crippen molar-refractivity contribution in [3.63, 3.8) is 0 Å². The van der Waals surface area contributed by atoms with Crippen molar-refractivity contribution in [3.05, 3.63) is 35.1 Å². The van der Waals surface area contributed by atoms with Gasteiger partial charge < -0.3 is 11.5 Å². The van der Waals surface area contributed by atoms with Crippen LogP contribution in [0.15, 0.2) is 18.2 Å². The molecule has 1 atom stereocenters. The van der Waals surface area contributed by atoms with Crippen molar-refractivity contribution in [1.29, 1.82) is 0 Å². The van der Waals surface area contributed by atoms with Gasteiger partial charge in [0.15, 0.2) is 0 Å². The van der Waals surface area contributed by atoms with E-state index in [-0.39, 0.29) is 5.56 Å². The van der Waals surface area contributed by atoms with E-state index in [9.17, 15) is 17.6 Å². The fourth-order valence-corrected chi connectivity index (χ4v) is 1.59. The molecule has 0 amide bonds. The molecule has 1 aromatic carbocycles. The van der Waals surface area contributed by atoms with E-state index < -0.39 is 23.6 Å². The number of halogens is 4. The molecule has 4 N–H and O–H groups in total. The Labute approximate surface area is 96.6 Å². The van der Waals surface area contributed by atoms with Gasteiger partial charge in [0.2, 0.25) is 0 Å². The Morgan fingerprint density at radius 2 is 1.88 bits per heavy atom. The number of hydrogen-bond acceptors (Lipinski definition) is 2. The van der Waals surface area contributed by atoms with Gasteiger partial charge >= 0.3 is 6.18 Å². The molecule has 0 saturated carbocycles. The van der Waals surface area contributed by atoms with Gasteiger partial charge in [0.25, 0.3) is 0 Å². The maximum Gasteiger partial charge on any atom is 0.416 e. The molecule has 0 bridgehead atoms. The lowest BCUT2D eigenvalue weighted by molar-refractivity contribution is -0.138. The minimum absolute atomic E-state index is 0.0904. The van der Waals surface area contributed by atoms with Gasteiger partial charge in [0.1, 0.15) is 5.82 Å². The Bertz CT molecular complexity index is 376. The third-order valence-electron chi connectivity index (χ3n) is 2.44. The number of rotatable bonds is 4. The zero-order valence-corrected chi connectivity index (χ0v) is 9.10. The molecule has 6 heteroatoms. The first-order valence-corrected chi connectivity index (χ1v) is 5.18. The van der Waals surface area contributed by atoms with Crippen molar-refractivity contribution in [2.45, 2.75) is 25.1 Å². The molecule has 1 rings (SSSR count). The van der Waals surface area contributed by atoms with E-state index >= 15 is 0 Å². The molecule has 0 heterocycles. The standard InChI is InChI=1S/C11H14F4N2/c12-7-3-4-8(10(17)2-1-5-16)9(6-7)11(13,14)15/h3-4,6,10H,1-2,5,16-17H2/t10-/m1/s1. The first-order chi connectivity index (χ1) is 7.86.